The normalized spacial score (nSPS) is 15.9. The van der Waals surface area contributed by atoms with E-state index in [9.17, 15) is 14.4 Å². The van der Waals surface area contributed by atoms with Crippen molar-refractivity contribution >= 4 is 23.5 Å². The van der Waals surface area contributed by atoms with E-state index in [2.05, 4.69) is 4.84 Å². The van der Waals surface area contributed by atoms with E-state index in [1.807, 2.05) is 0 Å². The number of nitrogen functional groups attached to an aromatic ring is 1. The van der Waals surface area contributed by atoms with Crippen LogP contribution in [0.2, 0.25) is 0 Å². The lowest BCUT2D eigenvalue weighted by molar-refractivity contribution is -0.148. The molecule has 0 saturated heterocycles. The molecule has 0 spiro atoms. The molecule has 8 heteroatoms. The molecule has 134 valence electrons. The molecule has 8 nitrogen and oxygen atoms in total. The van der Waals surface area contributed by atoms with Crippen molar-refractivity contribution in [3.8, 4) is 0 Å². The minimum Gasteiger partial charge on any atom is -0.384 e. The zero-order chi connectivity index (χ0) is 18.6. The summed E-state index contributed by atoms with van der Waals surface area (Å²) in [5, 5.41) is 7.47. The highest BCUT2D eigenvalue weighted by atomic mass is 16.7. The fourth-order valence-electron chi connectivity index (χ4n) is 3.22. The molecule has 1 unspecified atom stereocenters. The van der Waals surface area contributed by atoms with E-state index < -0.39 is 17.3 Å². The Morgan fingerprint density at radius 3 is 2.16 bits per heavy atom. The zero-order valence-electron chi connectivity index (χ0n) is 13.8. The standard InChI is InChI=1S/C17H22N4O4/c18-14(23)8-7-13(22)17(12-5-6-12,9-15(24)25-21)11-3-1-10(2-4-11)16(19)20/h1-4,12H,5-9,21H2,(H2,18,23)(H3,19,20). The van der Waals surface area contributed by atoms with Gasteiger partial charge < -0.3 is 16.3 Å². The quantitative estimate of drug-likeness (QED) is 0.285. The number of carbonyl (C=O) groups is 3. The molecule has 0 aliphatic heterocycles. The van der Waals surface area contributed by atoms with Crippen LogP contribution in [-0.2, 0) is 24.6 Å². The fourth-order valence-corrected chi connectivity index (χ4v) is 3.22. The summed E-state index contributed by atoms with van der Waals surface area (Å²) in [6.45, 7) is 0. The van der Waals surface area contributed by atoms with Crippen molar-refractivity contribution in [2.24, 2.45) is 23.3 Å². The number of ketones is 1. The maximum atomic E-state index is 13.0. The summed E-state index contributed by atoms with van der Waals surface area (Å²) < 4.78 is 0. The first-order chi connectivity index (χ1) is 11.8. The first-order valence-electron chi connectivity index (χ1n) is 7.97. The summed E-state index contributed by atoms with van der Waals surface area (Å²) in [6.07, 6.45) is 1.23. The summed E-state index contributed by atoms with van der Waals surface area (Å²) in [7, 11) is 0. The molecule has 0 radical (unpaired) electrons. The lowest BCUT2D eigenvalue weighted by Gasteiger charge is -2.32. The van der Waals surface area contributed by atoms with Crippen molar-refractivity contribution in [3.63, 3.8) is 0 Å². The summed E-state index contributed by atoms with van der Waals surface area (Å²) >= 11 is 0. The average molecular weight is 346 g/mol. The van der Waals surface area contributed by atoms with E-state index in [0.717, 1.165) is 12.8 Å². The largest absolute Gasteiger partial charge is 0.384 e. The second kappa shape index (κ2) is 7.43. The Balaban J connectivity index is 2.45. The van der Waals surface area contributed by atoms with Crippen LogP contribution in [0.15, 0.2) is 24.3 Å². The first kappa shape index (κ1) is 18.6. The van der Waals surface area contributed by atoms with Gasteiger partial charge >= 0.3 is 5.97 Å². The fraction of sp³-hybridized carbons (Fsp3) is 0.412. The number of hydrogen-bond donors (Lipinski definition) is 4. The van der Waals surface area contributed by atoms with Gasteiger partial charge in [0.2, 0.25) is 5.91 Å². The Kier molecular flexibility index (Phi) is 5.53. The zero-order valence-corrected chi connectivity index (χ0v) is 13.8. The highest BCUT2D eigenvalue weighted by molar-refractivity contribution is 5.97. The van der Waals surface area contributed by atoms with E-state index in [1.165, 1.54) is 0 Å². The lowest BCUT2D eigenvalue weighted by Crippen LogP contribution is -2.41. The predicted octanol–water partition coefficient (Wildman–Crippen LogP) is 0.260. The van der Waals surface area contributed by atoms with Crippen LogP contribution in [0, 0.1) is 11.3 Å². The summed E-state index contributed by atoms with van der Waals surface area (Å²) in [6, 6.07) is 6.62. The summed E-state index contributed by atoms with van der Waals surface area (Å²) in [5.74, 6) is 3.34. The van der Waals surface area contributed by atoms with Gasteiger partial charge in [-0.3, -0.25) is 19.8 Å². The molecule has 1 aromatic carbocycles. The molecule has 1 aliphatic carbocycles. The second-order valence-electron chi connectivity index (χ2n) is 6.29. The van der Waals surface area contributed by atoms with Crippen molar-refractivity contribution in [1.29, 1.82) is 5.41 Å². The molecular weight excluding hydrogens is 324 g/mol. The number of benzene rings is 1. The summed E-state index contributed by atoms with van der Waals surface area (Å²) in [5.41, 5.74) is 10.6. The number of primary amides is 1. The van der Waals surface area contributed by atoms with Crippen LogP contribution in [0.5, 0.6) is 0 Å². The van der Waals surface area contributed by atoms with Crippen LogP contribution < -0.4 is 17.4 Å². The Labute approximate surface area is 145 Å². The Morgan fingerprint density at radius 1 is 1.12 bits per heavy atom. The molecule has 2 rings (SSSR count). The molecule has 1 amide bonds. The molecule has 1 atom stereocenters. The minimum atomic E-state index is -1.11. The third-order valence-corrected chi connectivity index (χ3v) is 4.64. The van der Waals surface area contributed by atoms with E-state index in [4.69, 9.17) is 22.8 Å². The number of nitrogens with one attached hydrogen (secondary N) is 1. The van der Waals surface area contributed by atoms with Gasteiger partial charge in [0.25, 0.3) is 0 Å². The van der Waals surface area contributed by atoms with Crippen LogP contribution in [0.3, 0.4) is 0 Å². The Hall–Kier alpha value is -2.74. The molecule has 25 heavy (non-hydrogen) atoms. The van der Waals surface area contributed by atoms with E-state index >= 15 is 0 Å². The van der Waals surface area contributed by atoms with E-state index in [1.54, 1.807) is 24.3 Å². The number of carbonyl (C=O) groups excluding carboxylic acids is 3. The number of rotatable bonds is 9. The SMILES string of the molecule is N=C(N)c1ccc(C(CC(=O)ON)(C(=O)CCC(N)=O)C2CC2)cc1. The molecule has 1 aliphatic rings. The molecule has 1 aromatic rings. The van der Waals surface area contributed by atoms with Gasteiger partial charge in [0.05, 0.1) is 11.8 Å². The van der Waals surface area contributed by atoms with Crippen LogP contribution in [0.4, 0.5) is 0 Å². The topological polar surface area (TPSA) is 162 Å². The highest BCUT2D eigenvalue weighted by Crippen LogP contribution is 2.51. The van der Waals surface area contributed by atoms with Crippen molar-refractivity contribution in [1.82, 2.24) is 0 Å². The van der Waals surface area contributed by atoms with Crippen LogP contribution in [0.1, 0.15) is 43.2 Å². The van der Waals surface area contributed by atoms with E-state index in [0.29, 0.717) is 11.1 Å². The van der Waals surface area contributed by atoms with Gasteiger partial charge in [-0.05, 0) is 24.3 Å². The van der Waals surface area contributed by atoms with Crippen LogP contribution in [0.25, 0.3) is 0 Å². The van der Waals surface area contributed by atoms with Gasteiger partial charge in [0.1, 0.15) is 11.6 Å². The second-order valence-corrected chi connectivity index (χ2v) is 6.29. The molecule has 7 N–H and O–H groups in total. The first-order valence-corrected chi connectivity index (χ1v) is 7.97. The van der Waals surface area contributed by atoms with Crippen molar-refractivity contribution in [2.75, 3.05) is 0 Å². The van der Waals surface area contributed by atoms with Crippen LogP contribution >= 0.6 is 0 Å². The maximum Gasteiger partial charge on any atom is 0.325 e. The third kappa shape index (κ3) is 4.03. The molecule has 0 bridgehead atoms. The van der Waals surface area contributed by atoms with E-state index in [-0.39, 0.29) is 36.8 Å². The number of amidine groups is 1. The number of Topliss-reactive ketones (excluding diaryl/α,β-unsaturated/α-hetero) is 1. The Morgan fingerprint density at radius 2 is 1.72 bits per heavy atom. The molecule has 1 fully saturated rings. The molecule has 0 heterocycles. The number of amides is 1. The predicted molar refractivity (Wildman–Crippen MR) is 90.2 cm³/mol. The van der Waals surface area contributed by atoms with Gasteiger partial charge in [0.15, 0.2) is 0 Å². The lowest BCUT2D eigenvalue weighted by atomic mass is 9.69. The van der Waals surface area contributed by atoms with Gasteiger partial charge in [-0.1, -0.05) is 24.3 Å². The monoisotopic (exact) mass is 346 g/mol. The minimum absolute atomic E-state index is 0.0323. The maximum absolute atomic E-state index is 13.0. The molecule has 1 saturated carbocycles. The smallest absolute Gasteiger partial charge is 0.325 e. The van der Waals surface area contributed by atoms with Crippen molar-refractivity contribution < 1.29 is 19.2 Å². The summed E-state index contributed by atoms with van der Waals surface area (Å²) in [4.78, 5) is 40.3. The van der Waals surface area contributed by atoms with Gasteiger partial charge in [-0.2, -0.15) is 5.90 Å². The average Bonchev–Trinajstić information content (AvgIpc) is 3.42. The van der Waals surface area contributed by atoms with Gasteiger partial charge in [-0.25, -0.2) is 0 Å². The molecule has 0 aromatic heterocycles. The molecular formula is C17H22N4O4. The number of hydrogen-bond acceptors (Lipinski definition) is 6. The van der Waals surface area contributed by atoms with Gasteiger partial charge in [0, 0.05) is 18.4 Å². The Bertz CT molecular complexity index is 697. The highest BCUT2D eigenvalue weighted by Gasteiger charge is 2.52. The number of nitrogens with two attached hydrogens (primary N) is 3. The van der Waals surface area contributed by atoms with Crippen LogP contribution in [-0.4, -0.2) is 23.5 Å². The van der Waals surface area contributed by atoms with Crippen molar-refractivity contribution in [2.45, 2.75) is 37.5 Å². The van der Waals surface area contributed by atoms with Crippen molar-refractivity contribution in [3.05, 3.63) is 35.4 Å². The third-order valence-electron chi connectivity index (χ3n) is 4.64. The van der Waals surface area contributed by atoms with Gasteiger partial charge in [-0.15, -0.1) is 0 Å².